The number of phenolic OH excluding ortho intramolecular Hbond substituents is 1. The number of rotatable bonds is 8. The monoisotopic (exact) mass is 435 g/mol. The number of anilines is 1. The van der Waals surface area contributed by atoms with Gasteiger partial charge >= 0.3 is 0 Å². The first-order chi connectivity index (χ1) is 15.3. The lowest BCUT2D eigenvalue weighted by molar-refractivity contribution is -0.121. The van der Waals surface area contributed by atoms with Crippen LogP contribution in [0.2, 0.25) is 0 Å². The van der Waals surface area contributed by atoms with E-state index in [1.54, 1.807) is 25.1 Å². The van der Waals surface area contributed by atoms with Gasteiger partial charge in [-0.2, -0.15) is 0 Å². The molecule has 1 aliphatic carbocycles. The molecule has 0 unspecified atom stereocenters. The average molecular weight is 435 g/mol. The molecule has 0 saturated carbocycles. The van der Waals surface area contributed by atoms with Crippen molar-refractivity contribution in [2.24, 2.45) is 0 Å². The molecule has 0 bridgehead atoms. The molecule has 0 fully saturated rings. The summed E-state index contributed by atoms with van der Waals surface area (Å²) in [5.41, 5.74) is 2.92. The highest BCUT2D eigenvalue weighted by atomic mass is 16.5. The molecule has 0 aliphatic heterocycles. The Morgan fingerprint density at radius 2 is 1.50 bits per heavy atom. The quantitative estimate of drug-likeness (QED) is 0.486. The molecule has 1 amide bonds. The molecule has 1 aliphatic rings. The van der Waals surface area contributed by atoms with Gasteiger partial charge in [0.05, 0.1) is 19.9 Å². The summed E-state index contributed by atoms with van der Waals surface area (Å²) in [5, 5.41) is 12.4. The van der Waals surface area contributed by atoms with Crippen LogP contribution in [0, 0.1) is 0 Å². The Kier molecular flexibility index (Phi) is 7.10. The Morgan fingerprint density at radius 1 is 0.906 bits per heavy atom. The van der Waals surface area contributed by atoms with Crippen molar-refractivity contribution < 1.29 is 29.0 Å². The van der Waals surface area contributed by atoms with E-state index in [1.165, 1.54) is 20.3 Å². The summed E-state index contributed by atoms with van der Waals surface area (Å²) in [6, 6.07) is 14.1. The van der Waals surface area contributed by atoms with Crippen LogP contribution in [0.15, 0.2) is 71.2 Å². The van der Waals surface area contributed by atoms with E-state index in [1.807, 2.05) is 24.3 Å². The van der Waals surface area contributed by atoms with E-state index >= 15 is 0 Å². The molecular weight excluding hydrogens is 410 g/mol. The number of amides is 1. The van der Waals surface area contributed by atoms with Gasteiger partial charge in [-0.1, -0.05) is 36.4 Å². The molecule has 0 heterocycles. The van der Waals surface area contributed by atoms with Gasteiger partial charge in [0.2, 0.25) is 29.0 Å². The highest BCUT2D eigenvalue weighted by Gasteiger charge is 2.34. The summed E-state index contributed by atoms with van der Waals surface area (Å²) >= 11 is 0. The van der Waals surface area contributed by atoms with Crippen LogP contribution in [0.3, 0.4) is 0 Å². The number of ether oxygens (including phenoxy) is 2. The molecule has 2 aromatic rings. The van der Waals surface area contributed by atoms with Crippen molar-refractivity contribution >= 4 is 23.2 Å². The fourth-order valence-electron chi connectivity index (χ4n) is 3.48. The predicted octanol–water partition coefficient (Wildman–Crippen LogP) is 3.48. The third-order valence-corrected chi connectivity index (χ3v) is 5.32. The zero-order chi connectivity index (χ0) is 23.3. The minimum atomic E-state index is -0.356. The molecule has 0 atom stereocenters. The molecule has 2 N–H and O–H groups in total. The molecule has 0 spiro atoms. The van der Waals surface area contributed by atoms with Crippen molar-refractivity contribution in [3.8, 4) is 5.75 Å². The van der Waals surface area contributed by atoms with Crippen LogP contribution in [-0.4, -0.2) is 36.8 Å². The second-order valence-corrected chi connectivity index (χ2v) is 7.39. The summed E-state index contributed by atoms with van der Waals surface area (Å²) < 4.78 is 10.2. The number of ketones is 2. The number of benzene rings is 2. The van der Waals surface area contributed by atoms with Crippen LogP contribution in [0.4, 0.5) is 5.69 Å². The van der Waals surface area contributed by atoms with Crippen molar-refractivity contribution in [3.05, 3.63) is 82.3 Å². The molecule has 32 heavy (non-hydrogen) atoms. The van der Waals surface area contributed by atoms with Gasteiger partial charge < -0.3 is 19.9 Å². The molecule has 7 heteroatoms. The van der Waals surface area contributed by atoms with Gasteiger partial charge in [-0.05, 0) is 36.6 Å². The minimum absolute atomic E-state index is 0.0228. The van der Waals surface area contributed by atoms with Crippen molar-refractivity contribution in [3.63, 3.8) is 0 Å². The van der Waals surface area contributed by atoms with Gasteiger partial charge in [0.1, 0.15) is 5.75 Å². The first-order valence-corrected chi connectivity index (χ1v) is 10.1. The summed E-state index contributed by atoms with van der Waals surface area (Å²) in [6.45, 7) is 1.61. The van der Waals surface area contributed by atoms with Crippen LogP contribution in [0.1, 0.15) is 24.5 Å². The van der Waals surface area contributed by atoms with Crippen LogP contribution < -0.4 is 5.32 Å². The lowest BCUT2D eigenvalue weighted by Gasteiger charge is -2.20. The summed E-state index contributed by atoms with van der Waals surface area (Å²) in [4.78, 5) is 37.4. The fraction of sp³-hybridized carbons (Fsp3) is 0.240. The van der Waals surface area contributed by atoms with Gasteiger partial charge in [0.15, 0.2) is 0 Å². The normalized spacial score (nSPS) is 14.0. The van der Waals surface area contributed by atoms with Crippen LogP contribution in [-0.2, 0) is 36.7 Å². The van der Waals surface area contributed by atoms with E-state index in [9.17, 15) is 19.5 Å². The van der Waals surface area contributed by atoms with Crippen molar-refractivity contribution in [1.82, 2.24) is 0 Å². The number of para-hydroxylation sites is 2. The maximum atomic E-state index is 12.8. The van der Waals surface area contributed by atoms with Crippen LogP contribution in [0.25, 0.3) is 0 Å². The third kappa shape index (κ3) is 4.88. The summed E-state index contributed by atoms with van der Waals surface area (Å²) in [7, 11) is 2.67. The van der Waals surface area contributed by atoms with Gasteiger partial charge in [-0.3, -0.25) is 14.4 Å². The second-order valence-electron chi connectivity index (χ2n) is 7.39. The van der Waals surface area contributed by atoms with Gasteiger partial charge in [-0.25, -0.2) is 0 Å². The third-order valence-electron chi connectivity index (χ3n) is 5.32. The van der Waals surface area contributed by atoms with Crippen LogP contribution >= 0.6 is 0 Å². The number of aromatic hydroxyl groups is 1. The number of hydrogen-bond acceptors (Lipinski definition) is 6. The molecule has 7 nitrogen and oxygen atoms in total. The first-order valence-electron chi connectivity index (χ1n) is 10.1. The molecule has 0 radical (unpaired) electrons. The highest BCUT2D eigenvalue weighted by Crippen LogP contribution is 2.28. The van der Waals surface area contributed by atoms with Crippen molar-refractivity contribution in [1.29, 1.82) is 0 Å². The lowest BCUT2D eigenvalue weighted by atomic mass is 9.88. The molecule has 166 valence electrons. The smallest absolute Gasteiger partial charge is 0.228 e. The predicted molar refractivity (Wildman–Crippen MR) is 119 cm³/mol. The molecular formula is C25H25NO6. The number of methoxy groups -OCH3 is 2. The lowest BCUT2D eigenvalue weighted by Crippen LogP contribution is -2.26. The Morgan fingerprint density at radius 3 is 2.12 bits per heavy atom. The number of nitrogens with one attached hydrogen (secondary N) is 1. The van der Waals surface area contributed by atoms with Gasteiger partial charge in [0.25, 0.3) is 0 Å². The van der Waals surface area contributed by atoms with Crippen molar-refractivity contribution in [2.75, 3.05) is 19.5 Å². The van der Waals surface area contributed by atoms with Gasteiger partial charge in [0, 0.05) is 24.0 Å². The number of carbonyl (C=O) groups excluding carboxylic acids is 3. The first kappa shape index (κ1) is 22.8. The van der Waals surface area contributed by atoms with E-state index in [0.29, 0.717) is 23.3 Å². The maximum absolute atomic E-state index is 12.8. The number of allylic oxidation sites excluding steroid dienone is 2. The van der Waals surface area contributed by atoms with E-state index in [-0.39, 0.29) is 47.6 Å². The van der Waals surface area contributed by atoms with E-state index < -0.39 is 0 Å². The summed E-state index contributed by atoms with van der Waals surface area (Å²) in [6.07, 6.45) is 1.06. The number of phenols is 1. The number of carbonyl (C=O) groups is 3. The summed E-state index contributed by atoms with van der Waals surface area (Å²) in [5.74, 6) is -1.04. The fourth-order valence-corrected chi connectivity index (χ4v) is 3.48. The van der Waals surface area contributed by atoms with Crippen molar-refractivity contribution in [2.45, 2.75) is 26.2 Å². The zero-order valence-corrected chi connectivity index (χ0v) is 18.2. The molecule has 0 aromatic heterocycles. The van der Waals surface area contributed by atoms with E-state index in [2.05, 4.69) is 5.32 Å². The SMILES string of the molecule is COC1=C(OC)C(=O)C(Cc2ccc(CCC(=O)Nc3ccccc3O)cc2)=C(C)C1=O. The molecule has 0 saturated heterocycles. The highest BCUT2D eigenvalue weighted by molar-refractivity contribution is 6.23. The minimum Gasteiger partial charge on any atom is -0.506 e. The number of Topliss-reactive ketones (excluding diaryl/α,β-unsaturated/α-hetero) is 2. The standard InChI is InChI=1S/C25H25NO6/c1-15-18(23(30)25(32-3)24(31-2)22(15)29)14-17-10-8-16(9-11-17)12-13-21(28)26-19-6-4-5-7-20(19)27/h4-11,27H,12-14H2,1-3H3,(H,26,28). The number of aryl methyl sites for hydroxylation is 1. The second kappa shape index (κ2) is 9.96. The van der Waals surface area contributed by atoms with E-state index in [4.69, 9.17) is 9.47 Å². The Balaban J connectivity index is 1.63. The Bertz CT molecular complexity index is 1110. The van der Waals surface area contributed by atoms with Gasteiger partial charge in [-0.15, -0.1) is 0 Å². The largest absolute Gasteiger partial charge is 0.506 e. The van der Waals surface area contributed by atoms with E-state index in [0.717, 1.165) is 11.1 Å². The zero-order valence-electron chi connectivity index (χ0n) is 18.2. The Hall–Kier alpha value is -3.87. The molecule has 2 aromatic carbocycles. The topological polar surface area (TPSA) is 102 Å². The molecule has 3 rings (SSSR count). The maximum Gasteiger partial charge on any atom is 0.228 e. The average Bonchev–Trinajstić information content (AvgIpc) is 2.80. The number of hydrogen-bond donors (Lipinski definition) is 2. The Labute approximate surface area is 186 Å². The van der Waals surface area contributed by atoms with Crippen LogP contribution in [0.5, 0.6) is 5.75 Å².